The summed E-state index contributed by atoms with van der Waals surface area (Å²) in [7, 11) is -2.01. The van der Waals surface area contributed by atoms with Crippen LogP contribution < -0.4 is 15.2 Å². The van der Waals surface area contributed by atoms with Crippen molar-refractivity contribution in [1.82, 2.24) is 4.72 Å². The molecular weight excluding hydrogens is 376 g/mol. The normalized spacial score (nSPS) is 11.6. The van der Waals surface area contributed by atoms with Crippen LogP contribution >= 0.6 is 27.3 Å². The fraction of sp³-hybridized carbons (Fsp3) is 0.231. The number of nitrogens with one attached hydrogen (secondary N) is 1. The van der Waals surface area contributed by atoms with Crippen molar-refractivity contribution in [2.45, 2.75) is 18.4 Å². The van der Waals surface area contributed by atoms with Crippen molar-refractivity contribution in [3.8, 4) is 5.75 Å². The molecule has 2 aromatic rings. The number of nitrogens with two attached hydrogens (primary N) is 1. The minimum absolute atomic E-state index is 0.170. The second-order valence-corrected chi connectivity index (χ2v) is 8.74. The Morgan fingerprint density at radius 1 is 1.38 bits per heavy atom. The van der Waals surface area contributed by atoms with E-state index in [0.717, 1.165) is 14.2 Å². The van der Waals surface area contributed by atoms with Crippen LogP contribution in [-0.2, 0) is 16.6 Å². The van der Waals surface area contributed by atoms with Crippen LogP contribution in [0.3, 0.4) is 0 Å². The first-order valence-electron chi connectivity index (χ1n) is 6.01. The van der Waals surface area contributed by atoms with E-state index in [9.17, 15) is 8.42 Å². The summed E-state index contributed by atoms with van der Waals surface area (Å²) in [5.41, 5.74) is 7.05. The molecular formula is C13H15BrN2O3S2. The average Bonchev–Trinajstić information content (AvgIpc) is 2.76. The molecule has 2 rings (SSSR count). The Labute approximate surface area is 136 Å². The van der Waals surface area contributed by atoms with Gasteiger partial charge in [0.15, 0.2) is 0 Å². The maximum absolute atomic E-state index is 12.3. The van der Waals surface area contributed by atoms with Crippen molar-refractivity contribution in [3.63, 3.8) is 0 Å². The number of methoxy groups -OCH3 is 1. The highest BCUT2D eigenvalue weighted by Gasteiger charge is 2.19. The Kier molecular flexibility index (Phi) is 4.92. The summed E-state index contributed by atoms with van der Waals surface area (Å²) >= 11 is 4.68. The van der Waals surface area contributed by atoms with Gasteiger partial charge < -0.3 is 10.5 Å². The van der Waals surface area contributed by atoms with Gasteiger partial charge in [0.2, 0.25) is 10.0 Å². The van der Waals surface area contributed by atoms with E-state index in [2.05, 4.69) is 20.7 Å². The van der Waals surface area contributed by atoms with Gasteiger partial charge in [-0.15, -0.1) is 11.3 Å². The monoisotopic (exact) mass is 390 g/mol. The number of ether oxygens (including phenoxy) is 1. The third kappa shape index (κ3) is 3.76. The molecule has 8 heteroatoms. The van der Waals surface area contributed by atoms with Crippen molar-refractivity contribution in [2.24, 2.45) is 0 Å². The number of thiophene rings is 1. The van der Waals surface area contributed by atoms with E-state index in [1.165, 1.54) is 18.4 Å². The summed E-state index contributed by atoms with van der Waals surface area (Å²) in [6, 6.07) is 6.78. The van der Waals surface area contributed by atoms with Gasteiger partial charge in [0.25, 0.3) is 0 Å². The molecule has 0 bridgehead atoms. The van der Waals surface area contributed by atoms with E-state index in [1.54, 1.807) is 31.2 Å². The lowest BCUT2D eigenvalue weighted by molar-refractivity contribution is 0.417. The molecule has 0 atom stereocenters. The zero-order valence-electron chi connectivity index (χ0n) is 11.5. The van der Waals surface area contributed by atoms with E-state index in [1.807, 2.05) is 0 Å². The van der Waals surface area contributed by atoms with E-state index in [0.29, 0.717) is 16.3 Å². The smallest absolute Gasteiger partial charge is 0.242 e. The molecule has 0 radical (unpaired) electrons. The summed E-state index contributed by atoms with van der Waals surface area (Å²) < 4.78 is 33.0. The number of anilines is 1. The standard InChI is InChI=1S/C13H15BrN2O3S2/c1-8-12(6-13(14)20-8)21(17,18)16-7-9-3-4-11(19-2)10(15)5-9/h3-6,16H,7,15H2,1-2H3. The zero-order valence-corrected chi connectivity index (χ0v) is 14.7. The third-order valence-corrected chi connectivity index (χ3v) is 6.10. The Morgan fingerprint density at radius 2 is 2.10 bits per heavy atom. The molecule has 5 nitrogen and oxygen atoms in total. The predicted molar refractivity (Wildman–Crippen MR) is 88.2 cm³/mol. The number of hydrogen-bond acceptors (Lipinski definition) is 5. The lowest BCUT2D eigenvalue weighted by atomic mass is 10.2. The highest BCUT2D eigenvalue weighted by atomic mass is 79.9. The first-order valence-corrected chi connectivity index (χ1v) is 9.11. The number of nitrogen functional groups attached to an aromatic ring is 1. The summed E-state index contributed by atoms with van der Waals surface area (Å²) in [5.74, 6) is 0.569. The van der Waals surface area contributed by atoms with Crippen LogP contribution in [-0.4, -0.2) is 15.5 Å². The number of rotatable bonds is 5. The minimum Gasteiger partial charge on any atom is -0.495 e. The number of sulfonamides is 1. The summed E-state index contributed by atoms with van der Waals surface area (Å²) in [4.78, 5) is 1.03. The third-order valence-electron chi connectivity index (χ3n) is 2.89. The molecule has 1 aromatic carbocycles. The zero-order chi connectivity index (χ0) is 15.6. The van der Waals surface area contributed by atoms with Crippen LogP contribution in [0.5, 0.6) is 5.75 Å². The molecule has 0 aliphatic rings. The van der Waals surface area contributed by atoms with E-state index >= 15 is 0 Å². The molecule has 1 aromatic heterocycles. The highest BCUT2D eigenvalue weighted by Crippen LogP contribution is 2.29. The Hall–Kier alpha value is -1.09. The topological polar surface area (TPSA) is 81.4 Å². The predicted octanol–water partition coefficient (Wildman–Crippen LogP) is 2.89. The quantitative estimate of drug-likeness (QED) is 0.768. The van der Waals surface area contributed by atoms with Crippen LogP contribution in [0.1, 0.15) is 10.4 Å². The second-order valence-electron chi connectivity index (χ2n) is 4.37. The number of aryl methyl sites for hydroxylation is 1. The molecule has 0 saturated heterocycles. The van der Waals surface area contributed by atoms with Gasteiger partial charge in [0.1, 0.15) is 5.75 Å². The largest absolute Gasteiger partial charge is 0.495 e. The van der Waals surface area contributed by atoms with Crippen molar-refractivity contribution < 1.29 is 13.2 Å². The van der Waals surface area contributed by atoms with Gasteiger partial charge in [-0.25, -0.2) is 13.1 Å². The first kappa shape index (κ1) is 16.3. The van der Waals surface area contributed by atoms with Crippen molar-refractivity contribution in [3.05, 3.63) is 38.5 Å². The molecule has 1 heterocycles. The Morgan fingerprint density at radius 3 is 2.62 bits per heavy atom. The van der Waals surface area contributed by atoms with Crippen molar-refractivity contribution in [2.75, 3.05) is 12.8 Å². The van der Waals surface area contributed by atoms with Gasteiger partial charge in [-0.1, -0.05) is 6.07 Å². The molecule has 0 spiro atoms. The van der Waals surface area contributed by atoms with E-state index in [4.69, 9.17) is 10.5 Å². The maximum Gasteiger partial charge on any atom is 0.242 e. The maximum atomic E-state index is 12.3. The van der Waals surface area contributed by atoms with E-state index in [-0.39, 0.29) is 6.54 Å². The van der Waals surface area contributed by atoms with Crippen LogP contribution in [0.25, 0.3) is 0 Å². The SMILES string of the molecule is COc1ccc(CNS(=O)(=O)c2cc(Br)sc2C)cc1N. The van der Waals surface area contributed by atoms with Gasteiger partial charge in [0, 0.05) is 11.4 Å². The molecule has 0 unspecified atom stereocenters. The van der Waals surface area contributed by atoms with Crippen molar-refractivity contribution >= 4 is 43.0 Å². The van der Waals surface area contributed by atoms with Crippen LogP contribution in [0, 0.1) is 6.92 Å². The van der Waals surface area contributed by atoms with Gasteiger partial charge in [-0.3, -0.25) is 0 Å². The second kappa shape index (κ2) is 6.35. The molecule has 0 fully saturated rings. The summed E-state index contributed by atoms with van der Waals surface area (Å²) in [6.45, 7) is 1.94. The van der Waals surface area contributed by atoms with Gasteiger partial charge in [-0.05, 0) is 46.6 Å². The molecule has 0 aliphatic carbocycles. The summed E-state index contributed by atoms with van der Waals surface area (Å²) in [6.07, 6.45) is 0. The number of benzene rings is 1. The fourth-order valence-electron chi connectivity index (χ4n) is 1.85. The van der Waals surface area contributed by atoms with Crippen LogP contribution in [0.2, 0.25) is 0 Å². The molecule has 21 heavy (non-hydrogen) atoms. The molecule has 0 amide bonds. The van der Waals surface area contributed by atoms with Gasteiger partial charge in [0.05, 0.1) is 21.5 Å². The average molecular weight is 391 g/mol. The molecule has 3 N–H and O–H groups in total. The van der Waals surface area contributed by atoms with Gasteiger partial charge in [-0.2, -0.15) is 0 Å². The highest BCUT2D eigenvalue weighted by molar-refractivity contribution is 9.11. The number of hydrogen-bond donors (Lipinski definition) is 2. The molecule has 0 saturated carbocycles. The van der Waals surface area contributed by atoms with Crippen molar-refractivity contribution in [1.29, 1.82) is 0 Å². The minimum atomic E-state index is -3.54. The van der Waals surface area contributed by atoms with Gasteiger partial charge >= 0.3 is 0 Å². The fourth-order valence-corrected chi connectivity index (χ4v) is 5.28. The molecule has 114 valence electrons. The Bertz CT molecular complexity index is 757. The lowest BCUT2D eigenvalue weighted by Crippen LogP contribution is -2.23. The lowest BCUT2D eigenvalue weighted by Gasteiger charge is -2.09. The Balaban J connectivity index is 2.15. The van der Waals surface area contributed by atoms with E-state index < -0.39 is 10.0 Å². The first-order chi connectivity index (χ1) is 9.83. The molecule has 0 aliphatic heterocycles. The number of halogens is 1. The van der Waals surface area contributed by atoms with Crippen LogP contribution in [0.4, 0.5) is 5.69 Å². The van der Waals surface area contributed by atoms with Crippen LogP contribution in [0.15, 0.2) is 32.9 Å². The summed E-state index contributed by atoms with van der Waals surface area (Å²) in [5, 5.41) is 0.